The zero-order chi connectivity index (χ0) is 23.9. The van der Waals surface area contributed by atoms with Crippen LogP contribution < -0.4 is 14.2 Å². The van der Waals surface area contributed by atoms with Gasteiger partial charge in [0.2, 0.25) is 0 Å². The second kappa shape index (κ2) is 15.2. The van der Waals surface area contributed by atoms with Crippen LogP contribution in [-0.4, -0.2) is 33.4 Å². The van der Waals surface area contributed by atoms with E-state index < -0.39 is 0 Å². The smallest absolute Gasteiger partial charge is 0.305 e. The number of unbranched alkanes of at least 4 members (excludes halogenated alkanes) is 2. The summed E-state index contributed by atoms with van der Waals surface area (Å²) in [5.41, 5.74) is 3.54. The van der Waals surface area contributed by atoms with Gasteiger partial charge in [-0.1, -0.05) is 44.9 Å². The first-order valence-electron chi connectivity index (χ1n) is 12.2. The summed E-state index contributed by atoms with van der Waals surface area (Å²) in [5.74, 6) is 2.35. The standard InChI is InChI=1S/C28H40O5/c1-5-7-18-32-25-16-13-22(21-27(25)30-3)10-9-11-24-15-12-23(14-17-28(29)31-4)20-26(24)33-19-8-6-2/h12-13,15-16,20-21H,5-11,14,17-19H2,1-4H3. The molecule has 182 valence electrons. The lowest BCUT2D eigenvalue weighted by Gasteiger charge is -2.14. The Kier molecular flexibility index (Phi) is 12.2. The van der Waals surface area contributed by atoms with Crippen molar-refractivity contribution in [2.45, 2.75) is 71.6 Å². The molecular formula is C28H40O5. The SMILES string of the molecule is CCCCOc1cc(CCC(=O)OC)ccc1CCCc1ccc(OCCCC)c(OC)c1. The minimum Gasteiger partial charge on any atom is -0.493 e. The molecule has 2 rings (SSSR count). The number of methoxy groups -OCH3 is 2. The van der Waals surface area contributed by atoms with Crippen molar-refractivity contribution in [2.75, 3.05) is 27.4 Å². The maximum absolute atomic E-state index is 11.5. The van der Waals surface area contributed by atoms with E-state index in [1.807, 2.05) is 6.07 Å². The summed E-state index contributed by atoms with van der Waals surface area (Å²) in [6.07, 6.45) is 8.18. The van der Waals surface area contributed by atoms with Crippen LogP contribution in [0.3, 0.4) is 0 Å². The third-order valence-electron chi connectivity index (χ3n) is 5.63. The largest absolute Gasteiger partial charge is 0.493 e. The molecule has 0 radical (unpaired) electrons. The van der Waals surface area contributed by atoms with E-state index in [4.69, 9.17) is 18.9 Å². The van der Waals surface area contributed by atoms with Gasteiger partial charge in [-0.2, -0.15) is 0 Å². The Balaban J connectivity index is 1.99. The van der Waals surface area contributed by atoms with Gasteiger partial charge in [0.25, 0.3) is 0 Å². The summed E-state index contributed by atoms with van der Waals surface area (Å²) in [6, 6.07) is 12.5. The number of hydrogen-bond acceptors (Lipinski definition) is 5. The van der Waals surface area contributed by atoms with Gasteiger partial charge in [0.15, 0.2) is 11.5 Å². The minimum atomic E-state index is -0.190. The third kappa shape index (κ3) is 9.37. The number of carbonyl (C=O) groups excluding carboxylic acids is 1. The monoisotopic (exact) mass is 456 g/mol. The van der Waals surface area contributed by atoms with E-state index in [1.54, 1.807) is 7.11 Å². The van der Waals surface area contributed by atoms with Gasteiger partial charge in [0.1, 0.15) is 5.75 Å². The van der Waals surface area contributed by atoms with Gasteiger partial charge in [-0.25, -0.2) is 0 Å². The molecule has 33 heavy (non-hydrogen) atoms. The van der Waals surface area contributed by atoms with Gasteiger partial charge in [0, 0.05) is 6.42 Å². The fourth-order valence-electron chi connectivity index (χ4n) is 3.57. The molecule has 5 heteroatoms. The van der Waals surface area contributed by atoms with Gasteiger partial charge in [-0.15, -0.1) is 0 Å². The maximum Gasteiger partial charge on any atom is 0.305 e. The molecule has 0 aromatic heterocycles. The summed E-state index contributed by atoms with van der Waals surface area (Å²) < 4.78 is 22.2. The lowest BCUT2D eigenvalue weighted by Crippen LogP contribution is -2.04. The summed E-state index contributed by atoms with van der Waals surface area (Å²) >= 11 is 0. The van der Waals surface area contributed by atoms with Crippen molar-refractivity contribution >= 4 is 5.97 Å². The van der Waals surface area contributed by atoms with Crippen LogP contribution in [0, 0.1) is 0 Å². The molecule has 0 N–H and O–H groups in total. The molecule has 0 amide bonds. The van der Waals surface area contributed by atoms with E-state index in [9.17, 15) is 4.79 Å². The summed E-state index contributed by atoms with van der Waals surface area (Å²) in [6.45, 7) is 5.73. The Morgan fingerprint density at radius 1 is 0.727 bits per heavy atom. The summed E-state index contributed by atoms with van der Waals surface area (Å²) in [4.78, 5) is 11.5. The van der Waals surface area contributed by atoms with Gasteiger partial charge < -0.3 is 18.9 Å². The number of benzene rings is 2. The van der Waals surface area contributed by atoms with E-state index in [-0.39, 0.29) is 5.97 Å². The topological polar surface area (TPSA) is 54.0 Å². The fraction of sp³-hybridized carbons (Fsp3) is 0.536. The van der Waals surface area contributed by atoms with E-state index in [2.05, 4.69) is 44.2 Å². The van der Waals surface area contributed by atoms with Gasteiger partial charge >= 0.3 is 5.97 Å². The van der Waals surface area contributed by atoms with E-state index in [1.165, 1.54) is 18.2 Å². The second-order valence-corrected chi connectivity index (χ2v) is 8.26. The molecule has 2 aromatic rings. The Hall–Kier alpha value is -2.69. The lowest BCUT2D eigenvalue weighted by atomic mass is 10.0. The normalized spacial score (nSPS) is 10.7. The van der Waals surface area contributed by atoms with E-state index in [0.717, 1.165) is 67.8 Å². The molecule has 0 aliphatic rings. The van der Waals surface area contributed by atoms with Crippen LogP contribution in [0.4, 0.5) is 0 Å². The molecule has 0 fully saturated rings. The Bertz CT molecular complexity index is 846. The van der Waals surface area contributed by atoms with Crippen molar-refractivity contribution in [2.24, 2.45) is 0 Å². The zero-order valence-electron chi connectivity index (χ0n) is 20.8. The van der Waals surface area contributed by atoms with Gasteiger partial charge in [0.05, 0.1) is 27.4 Å². The van der Waals surface area contributed by atoms with Crippen molar-refractivity contribution in [1.29, 1.82) is 0 Å². The van der Waals surface area contributed by atoms with Crippen LogP contribution in [0.2, 0.25) is 0 Å². The predicted octanol–water partition coefficient (Wildman–Crippen LogP) is 6.33. The maximum atomic E-state index is 11.5. The summed E-state index contributed by atoms with van der Waals surface area (Å²) in [5, 5.41) is 0. The highest BCUT2D eigenvalue weighted by Gasteiger charge is 2.10. The lowest BCUT2D eigenvalue weighted by molar-refractivity contribution is -0.140. The molecule has 2 aromatic carbocycles. The molecule has 5 nitrogen and oxygen atoms in total. The Morgan fingerprint density at radius 3 is 2.03 bits per heavy atom. The first-order valence-corrected chi connectivity index (χ1v) is 12.2. The molecule has 0 unspecified atom stereocenters. The van der Waals surface area contributed by atoms with Gasteiger partial charge in [-0.05, 0) is 73.4 Å². The number of carbonyl (C=O) groups is 1. The van der Waals surface area contributed by atoms with Crippen molar-refractivity contribution in [3.63, 3.8) is 0 Å². The average Bonchev–Trinajstić information content (AvgIpc) is 2.84. The van der Waals surface area contributed by atoms with Crippen LogP contribution in [0.1, 0.15) is 69.1 Å². The molecule has 0 saturated carbocycles. The van der Waals surface area contributed by atoms with Crippen LogP contribution >= 0.6 is 0 Å². The van der Waals surface area contributed by atoms with Crippen molar-refractivity contribution in [3.05, 3.63) is 53.1 Å². The number of ether oxygens (including phenoxy) is 4. The first kappa shape index (κ1) is 26.6. The fourth-order valence-corrected chi connectivity index (χ4v) is 3.57. The number of hydrogen-bond donors (Lipinski definition) is 0. The molecule has 0 heterocycles. The second-order valence-electron chi connectivity index (χ2n) is 8.26. The van der Waals surface area contributed by atoms with Crippen molar-refractivity contribution in [1.82, 2.24) is 0 Å². The number of aryl methyl sites for hydroxylation is 3. The highest BCUT2D eigenvalue weighted by molar-refractivity contribution is 5.69. The third-order valence-corrected chi connectivity index (χ3v) is 5.63. The van der Waals surface area contributed by atoms with E-state index in [0.29, 0.717) is 26.1 Å². The summed E-state index contributed by atoms with van der Waals surface area (Å²) in [7, 11) is 3.11. The predicted molar refractivity (Wildman–Crippen MR) is 133 cm³/mol. The highest BCUT2D eigenvalue weighted by Crippen LogP contribution is 2.29. The molecular weight excluding hydrogens is 416 g/mol. The van der Waals surface area contributed by atoms with Crippen LogP contribution in [0.5, 0.6) is 17.2 Å². The first-order chi connectivity index (χ1) is 16.1. The number of rotatable bonds is 16. The Labute approximate surface area is 199 Å². The zero-order valence-corrected chi connectivity index (χ0v) is 20.8. The van der Waals surface area contributed by atoms with Crippen LogP contribution in [0.15, 0.2) is 36.4 Å². The average molecular weight is 457 g/mol. The van der Waals surface area contributed by atoms with Crippen LogP contribution in [-0.2, 0) is 28.8 Å². The highest BCUT2D eigenvalue weighted by atomic mass is 16.5. The number of esters is 1. The quantitative estimate of drug-likeness (QED) is 0.218. The van der Waals surface area contributed by atoms with E-state index >= 15 is 0 Å². The van der Waals surface area contributed by atoms with Crippen LogP contribution in [0.25, 0.3) is 0 Å². The Morgan fingerprint density at radius 2 is 1.36 bits per heavy atom. The molecule has 0 spiro atoms. The molecule has 0 saturated heterocycles. The van der Waals surface area contributed by atoms with Crippen molar-refractivity contribution in [3.8, 4) is 17.2 Å². The van der Waals surface area contributed by atoms with Gasteiger partial charge in [-0.3, -0.25) is 4.79 Å². The molecule has 0 bridgehead atoms. The molecule has 0 atom stereocenters. The van der Waals surface area contributed by atoms with Crippen molar-refractivity contribution < 1.29 is 23.7 Å². The molecule has 0 aliphatic carbocycles. The molecule has 0 aliphatic heterocycles. The minimum absolute atomic E-state index is 0.190.